The number of rotatable bonds is 5. The minimum atomic E-state index is -3.29. The SMILES string of the molecule is CC(C)c1noc(N2CCC(n3ccc4cc(-c5ccc(S(C)(=O)=O)cc5)c(F)cc43)CC2)n1. The molecular formula is C25H27FN4O3S. The summed E-state index contributed by atoms with van der Waals surface area (Å²) in [6, 6.07) is 12.6. The number of hydrogen-bond acceptors (Lipinski definition) is 6. The van der Waals surface area contributed by atoms with Crippen molar-refractivity contribution < 1.29 is 17.3 Å². The minimum absolute atomic E-state index is 0.219. The number of aromatic nitrogens is 3. The number of anilines is 1. The number of nitrogens with zero attached hydrogens (tertiary/aromatic N) is 4. The maximum absolute atomic E-state index is 15.1. The molecule has 7 nitrogen and oxygen atoms in total. The van der Waals surface area contributed by atoms with Gasteiger partial charge in [0.1, 0.15) is 5.82 Å². The molecule has 2 aromatic heterocycles. The van der Waals surface area contributed by atoms with Crippen LogP contribution in [0.4, 0.5) is 10.4 Å². The van der Waals surface area contributed by atoms with E-state index in [1.165, 1.54) is 12.1 Å². The number of sulfone groups is 1. The van der Waals surface area contributed by atoms with Gasteiger partial charge >= 0.3 is 6.01 Å². The summed E-state index contributed by atoms with van der Waals surface area (Å²) in [5.41, 5.74) is 1.96. The van der Waals surface area contributed by atoms with E-state index in [1.54, 1.807) is 18.2 Å². The van der Waals surface area contributed by atoms with Gasteiger partial charge in [0.15, 0.2) is 15.7 Å². The zero-order valence-corrected chi connectivity index (χ0v) is 20.2. The Balaban J connectivity index is 1.36. The third-order valence-corrected chi connectivity index (χ3v) is 7.61. The van der Waals surface area contributed by atoms with Crippen LogP contribution in [0.15, 0.2) is 58.1 Å². The van der Waals surface area contributed by atoms with E-state index < -0.39 is 9.84 Å². The van der Waals surface area contributed by atoms with Crippen molar-refractivity contribution in [3.05, 3.63) is 60.3 Å². The number of fused-ring (bicyclic) bond motifs is 1. The molecule has 0 N–H and O–H groups in total. The Labute approximate surface area is 198 Å². The molecule has 1 aliphatic heterocycles. The van der Waals surface area contributed by atoms with E-state index in [1.807, 2.05) is 32.2 Å². The van der Waals surface area contributed by atoms with Crippen LogP contribution in [-0.4, -0.2) is 42.5 Å². The first-order valence-corrected chi connectivity index (χ1v) is 13.3. The minimum Gasteiger partial charge on any atom is -0.344 e. The summed E-state index contributed by atoms with van der Waals surface area (Å²) in [5, 5.41) is 5.00. The normalized spacial score (nSPS) is 15.5. The van der Waals surface area contributed by atoms with Gasteiger partial charge in [-0.2, -0.15) is 4.98 Å². The van der Waals surface area contributed by atoms with Gasteiger partial charge in [-0.05, 0) is 48.7 Å². The maximum atomic E-state index is 15.1. The number of halogens is 1. The van der Waals surface area contributed by atoms with Crippen LogP contribution >= 0.6 is 0 Å². The lowest BCUT2D eigenvalue weighted by atomic mass is 10.0. The Morgan fingerprint density at radius 1 is 1.09 bits per heavy atom. The molecule has 1 aliphatic rings. The van der Waals surface area contributed by atoms with Crippen molar-refractivity contribution in [1.82, 2.24) is 14.7 Å². The van der Waals surface area contributed by atoms with Gasteiger partial charge in [-0.25, -0.2) is 12.8 Å². The van der Waals surface area contributed by atoms with E-state index in [0.717, 1.165) is 43.1 Å². The first kappa shape index (κ1) is 22.6. The Morgan fingerprint density at radius 2 is 1.79 bits per heavy atom. The first-order chi connectivity index (χ1) is 16.2. The van der Waals surface area contributed by atoms with Gasteiger partial charge in [-0.1, -0.05) is 31.1 Å². The second kappa shape index (κ2) is 8.54. The lowest BCUT2D eigenvalue weighted by molar-refractivity contribution is 0.361. The smallest absolute Gasteiger partial charge is 0.324 e. The van der Waals surface area contributed by atoms with E-state index in [4.69, 9.17) is 4.52 Å². The number of hydrogen-bond donors (Lipinski definition) is 0. The molecule has 0 amide bonds. The molecule has 0 bridgehead atoms. The van der Waals surface area contributed by atoms with Crippen molar-refractivity contribution in [2.24, 2.45) is 0 Å². The number of benzene rings is 2. The van der Waals surface area contributed by atoms with Gasteiger partial charge < -0.3 is 14.0 Å². The molecule has 3 heterocycles. The van der Waals surface area contributed by atoms with E-state index in [9.17, 15) is 8.42 Å². The van der Waals surface area contributed by atoms with E-state index >= 15 is 4.39 Å². The summed E-state index contributed by atoms with van der Waals surface area (Å²) in [5.74, 6) is 0.605. The van der Waals surface area contributed by atoms with Crippen LogP contribution in [0.3, 0.4) is 0 Å². The molecule has 0 saturated carbocycles. The van der Waals surface area contributed by atoms with Gasteiger partial charge in [0.05, 0.1) is 10.4 Å². The molecule has 2 aromatic carbocycles. The standard InChI is InChI=1S/C25H27FN4O3S/c1-16(2)24-27-25(33-28-24)29-11-9-19(10-12-29)30-13-8-18-14-21(22(26)15-23(18)30)17-4-6-20(7-5-17)34(3,31)32/h4-8,13-16,19H,9-12H2,1-3H3. The summed E-state index contributed by atoms with van der Waals surface area (Å²) in [7, 11) is -3.29. The monoisotopic (exact) mass is 482 g/mol. The second-order valence-electron chi connectivity index (χ2n) is 9.22. The molecule has 178 valence electrons. The van der Waals surface area contributed by atoms with Crippen molar-refractivity contribution in [2.75, 3.05) is 24.2 Å². The van der Waals surface area contributed by atoms with Crippen LogP contribution in [0, 0.1) is 5.82 Å². The summed E-state index contributed by atoms with van der Waals surface area (Å²) in [6.45, 7) is 5.65. The summed E-state index contributed by atoms with van der Waals surface area (Å²) in [6.07, 6.45) is 4.95. The van der Waals surface area contributed by atoms with Gasteiger partial charge in [0.2, 0.25) is 0 Å². The number of piperidine rings is 1. The molecule has 5 rings (SSSR count). The third kappa shape index (κ3) is 4.20. The molecule has 34 heavy (non-hydrogen) atoms. The van der Waals surface area contributed by atoms with Crippen molar-refractivity contribution in [3.8, 4) is 11.1 Å². The Kier molecular flexibility index (Phi) is 5.67. The van der Waals surface area contributed by atoms with Gasteiger partial charge in [0.25, 0.3) is 0 Å². The predicted molar refractivity (Wildman–Crippen MR) is 129 cm³/mol. The van der Waals surface area contributed by atoms with E-state index in [-0.39, 0.29) is 22.7 Å². The molecule has 9 heteroatoms. The molecule has 1 saturated heterocycles. The highest BCUT2D eigenvalue weighted by atomic mass is 32.2. The van der Waals surface area contributed by atoms with E-state index in [0.29, 0.717) is 23.0 Å². The lowest BCUT2D eigenvalue weighted by Gasteiger charge is -2.31. The van der Waals surface area contributed by atoms with Gasteiger partial charge in [-0.3, -0.25) is 0 Å². The molecule has 1 fully saturated rings. The van der Waals surface area contributed by atoms with Crippen LogP contribution in [0.2, 0.25) is 0 Å². The van der Waals surface area contributed by atoms with Crippen molar-refractivity contribution in [2.45, 2.75) is 43.5 Å². The highest BCUT2D eigenvalue weighted by molar-refractivity contribution is 7.90. The highest BCUT2D eigenvalue weighted by Gasteiger charge is 2.25. The fourth-order valence-corrected chi connectivity index (χ4v) is 5.15. The fraction of sp³-hybridized carbons (Fsp3) is 0.360. The van der Waals surface area contributed by atoms with Gasteiger partial charge in [0, 0.05) is 48.5 Å². The zero-order chi connectivity index (χ0) is 24.0. The van der Waals surface area contributed by atoms with Crippen molar-refractivity contribution >= 4 is 26.8 Å². The molecular weight excluding hydrogens is 455 g/mol. The largest absolute Gasteiger partial charge is 0.344 e. The summed E-state index contributed by atoms with van der Waals surface area (Å²) < 4.78 is 46.2. The second-order valence-corrected chi connectivity index (χ2v) is 11.2. The molecule has 0 aliphatic carbocycles. The Morgan fingerprint density at radius 3 is 2.41 bits per heavy atom. The average Bonchev–Trinajstić information content (AvgIpc) is 3.46. The fourth-order valence-electron chi connectivity index (χ4n) is 4.52. The average molecular weight is 483 g/mol. The lowest BCUT2D eigenvalue weighted by Crippen LogP contribution is -2.34. The van der Waals surface area contributed by atoms with Crippen LogP contribution in [0.25, 0.3) is 22.0 Å². The maximum Gasteiger partial charge on any atom is 0.324 e. The third-order valence-electron chi connectivity index (χ3n) is 6.48. The highest BCUT2D eigenvalue weighted by Crippen LogP contribution is 2.33. The Hall–Kier alpha value is -3.20. The molecule has 0 spiro atoms. The van der Waals surface area contributed by atoms with Crippen molar-refractivity contribution in [1.29, 1.82) is 0 Å². The van der Waals surface area contributed by atoms with Crippen LogP contribution in [-0.2, 0) is 9.84 Å². The van der Waals surface area contributed by atoms with Gasteiger partial charge in [-0.15, -0.1) is 0 Å². The summed E-state index contributed by atoms with van der Waals surface area (Å²) >= 11 is 0. The molecule has 0 atom stereocenters. The topological polar surface area (TPSA) is 81.2 Å². The molecule has 0 radical (unpaired) electrons. The first-order valence-electron chi connectivity index (χ1n) is 11.4. The van der Waals surface area contributed by atoms with E-state index in [2.05, 4.69) is 19.6 Å². The predicted octanol–water partition coefficient (Wildman–Crippen LogP) is 5.20. The van der Waals surface area contributed by atoms with Crippen LogP contribution in [0.1, 0.15) is 44.5 Å². The molecule has 4 aromatic rings. The van der Waals surface area contributed by atoms with Crippen LogP contribution < -0.4 is 4.90 Å². The quantitative estimate of drug-likeness (QED) is 0.389. The van der Waals surface area contributed by atoms with Crippen LogP contribution in [0.5, 0.6) is 0 Å². The van der Waals surface area contributed by atoms with Crippen molar-refractivity contribution in [3.63, 3.8) is 0 Å². The Bertz CT molecular complexity index is 1430. The summed E-state index contributed by atoms with van der Waals surface area (Å²) in [4.78, 5) is 6.83. The zero-order valence-electron chi connectivity index (χ0n) is 19.4. The molecule has 0 unspecified atom stereocenters.